The molecule has 0 aliphatic rings. The van der Waals surface area contributed by atoms with Crippen LogP contribution in [0.3, 0.4) is 0 Å². The number of rotatable bonds is 5. The molecule has 0 saturated heterocycles. The molecule has 6 nitrogen and oxygen atoms in total. The average Bonchev–Trinajstić information content (AvgIpc) is 2.66. The minimum absolute atomic E-state index is 0.270. The van der Waals surface area contributed by atoms with E-state index in [1.54, 1.807) is 24.3 Å². The highest BCUT2D eigenvalue weighted by atomic mass is 16.5. The Morgan fingerprint density at radius 3 is 2.48 bits per heavy atom. The summed E-state index contributed by atoms with van der Waals surface area (Å²) in [5, 5.41) is 0.813. The average molecular weight is 368 g/mol. The van der Waals surface area contributed by atoms with E-state index in [9.17, 15) is 9.59 Å². The van der Waals surface area contributed by atoms with E-state index in [4.69, 9.17) is 18.6 Å². The molecule has 0 fully saturated rings. The third kappa shape index (κ3) is 3.65. The first kappa shape index (κ1) is 18.5. The first-order valence-corrected chi connectivity index (χ1v) is 8.48. The van der Waals surface area contributed by atoms with Gasteiger partial charge in [-0.15, -0.1) is 0 Å². The molecule has 1 aromatic heterocycles. The van der Waals surface area contributed by atoms with Crippen molar-refractivity contribution in [2.24, 2.45) is 0 Å². The number of esters is 1. The molecular weight excluding hydrogens is 348 g/mol. The molecule has 27 heavy (non-hydrogen) atoms. The van der Waals surface area contributed by atoms with Crippen LogP contribution >= 0.6 is 0 Å². The maximum Gasteiger partial charge on any atom is 0.347 e. The Labute approximate surface area is 156 Å². The second-order valence-electron chi connectivity index (χ2n) is 6.01. The number of benzene rings is 2. The van der Waals surface area contributed by atoms with Crippen LogP contribution in [-0.2, 0) is 6.42 Å². The van der Waals surface area contributed by atoms with Gasteiger partial charge in [-0.2, -0.15) is 0 Å². The van der Waals surface area contributed by atoms with Gasteiger partial charge in [0.2, 0.25) is 0 Å². The number of hydrogen-bond donors (Lipinski definition) is 0. The maximum atomic E-state index is 12.7. The largest absolute Gasteiger partial charge is 0.497 e. The van der Waals surface area contributed by atoms with Crippen molar-refractivity contribution in [2.75, 3.05) is 14.2 Å². The lowest BCUT2D eigenvalue weighted by atomic mass is 10.1. The number of ether oxygens (including phenoxy) is 3. The lowest BCUT2D eigenvalue weighted by Crippen LogP contribution is -2.11. The van der Waals surface area contributed by atoms with Crippen molar-refractivity contribution in [2.45, 2.75) is 20.3 Å². The van der Waals surface area contributed by atoms with E-state index < -0.39 is 11.6 Å². The number of carbonyl (C=O) groups is 1. The Hall–Kier alpha value is -3.28. The monoisotopic (exact) mass is 368 g/mol. The van der Waals surface area contributed by atoms with Crippen LogP contribution in [0.2, 0.25) is 0 Å². The van der Waals surface area contributed by atoms with Crippen LogP contribution in [0.25, 0.3) is 11.0 Å². The Morgan fingerprint density at radius 2 is 1.81 bits per heavy atom. The van der Waals surface area contributed by atoms with Crippen LogP contribution in [0.15, 0.2) is 45.6 Å². The molecule has 0 aliphatic heterocycles. The summed E-state index contributed by atoms with van der Waals surface area (Å²) in [4.78, 5) is 24.4. The lowest BCUT2D eigenvalue weighted by Gasteiger charge is -2.13. The summed E-state index contributed by atoms with van der Waals surface area (Å²) in [6.07, 6.45) is 0.650. The number of methoxy groups -OCH3 is 2. The van der Waals surface area contributed by atoms with Gasteiger partial charge in [0.25, 0.3) is 0 Å². The molecule has 3 rings (SSSR count). The Kier molecular flexibility index (Phi) is 5.16. The van der Waals surface area contributed by atoms with Crippen molar-refractivity contribution < 1.29 is 23.4 Å². The van der Waals surface area contributed by atoms with Crippen molar-refractivity contribution in [3.05, 3.63) is 63.5 Å². The van der Waals surface area contributed by atoms with E-state index in [0.717, 1.165) is 16.5 Å². The van der Waals surface area contributed by atoms with Gasteiger partial charge in [-0.25, -0.2) is 9.59 Å². The van der Waals surface area contributed by atoms with Crippen LogP contribution < -0.4 is 19.8 Å². The van der Waals surface area contributed by atoms with E-state index >= 15 is 0 Å². The van der Waals surface area contributed by atoms with Crippen molar-refractivity contribution in [1.29, 1.82) is 0 Å². The van der Waals surface area contributed by atoms with Crippen LogP contribution in [0.1, 0.15) is 28.4 Å². The molecule has 0 spiro atoms. The van der Waals surface area contributed by atoms with Gasteiger partial charge >= 0.3 is 11.6 Å². The van der Waals surface area contributed by atoms with Gasteiger partial charge in [0, 0.05) is 23.6 Å². The number of fused-ring (bicyclic) bond motifs is 1. The van der Waals surface area contributed by atoms with Crippen molar-refractivity contribution in [3.63, 3.8) is 0 Å². The predicted molar refractivity (Wildman–Crippen MR) is 101 cm³/mol. The van der Waals surface area contributed by atoms with Gasteiger partial charge in [0.1, 0.15) is 28.4 Å². The molecule has 140 valence electrons. The second-order valence-corrected chi connectivity index (χ2v) is 6.01. The van der Waals surface area contributed by atoms with E-state index in [1.807, 2.05) is 19.9 Å². The molecule has 1 heterocycles. The fourth-order valence-corrected chi connectivity index (χ4v) is 2.88. The highest BCUT2D eigenvalue weighted by Crippen LogP contribution is 2.30. The molecule has 0 aliphatic carbocycles. The van der Waals surface area contributed by atoms with Gasteiger partial charge in [0.05, 0.1) is 14.2 Å². The van der Waals surface area contributed by atoms with E-state index in [0.29, 0.717) is 29.3 Å². The summed E-state index contributed by atoms with van der Waals surface area (Å²) in [5.74, 6) is 0.696. The van der Waals surface area contributed by atoms with E-state index in [2.05, 4.69) is 0 Å². The lowest BCUT2D eigenvalue weighted by molar-refractivity contribution is 0.0730. The zero-order valence-corrected chi connectivity index (χ0v) is 15.6. The van der Waals surface area contributed by atoms with Gasteiger partial charge in [0.15, 0.2) is 0 Å². The third-order valence-corrected chi connectivity index (χ3v) is 4.34. The zero-order valence-electron chi connectivity index (χ0n) is 15.6. The summed E-state index contributed by atoms with van der Waals surface area (Å²) in [5.41, 5.74) is 1.84. The SMILES string of the molecule is CCc1cc2c(C)cc(=O)oc2cc1OC(=O)c1ccc(OC)cc1OC. The fourth-order valence-electron chi connectivity index (χ4n) is 2.88. The van der Waals surface area contributed by atoms with Gasteiger partial charge in [-0.05, 0) is 42.7 Å². The topological polar surface area (TPSA) is 75.0 Å². The molecule has 0 bridgehead atoms. The van der Waals surface area contributed by atoms with Crippen molar-refractivity contribution >= 4 is 16.9 Å². The molecular formula is C21H20O6. The maximum absolute atomic E-state index is 12.7. The first-order chi connectivity index (χ1) is 13.0. The first-order valence-electron chi connectivity index (χ1n) is 8.48. The van der Waals surface area contributed by atoms with Gasteiger partial charge in [-0.1, -0.05) is 6.92 Å². The van der Waals surface area contributed by atoms with Crippen LogP contribution in [-0.4, -0.2) is 20.2 Å². The smallest absolute Gasteiger partial charge is 0.347 e. The standard InChI is InChI=1S/C21H20O6/c1-5-13-9-16-12(2)8-20(22)26-19(16)11-17(13)27-21(23)15-7-6-14(24-3)10-18(15)25-4/h6-11H,5H2,1-4H3. The summed E-state index contributed by atoms with van der Waals surface area (Å²) in [7, 11) is 3.00. The molecule has 0 N–H and O–H groups in total. The Bertz CT molecular complexity index is 1060. The molecule has 3 aromatic rings. The molecule has 6 heteroatoms. The highest BCUT2D eigenvalue weighted by molar-refractivity contribution is 5.95. The predicted octanol–water partition coefficient (Wildman–Crippen LogP) is 3.90. The quantitative estimate of drug-likeness (QED) is 0.386. The molecule has 0 saturated carbocycles. The molecule has 2 aromatic carbocycles. The van der Waals surface area contributed by atoms with Crippen molar-refractivity contribution in [1.82, 2.24) is 0 Å². The fraction of sp³-hybridized carbons (Fsp3) is 0.238. The Morgan fingerprint density at radius 1 is 1.04 bits per heavy atom. The second kappa shape index (κ2) is 7.53. The van der Waals surface area contributed by atoms with E-state index in [1.165, 1.54) is 20.3 Å². The summed E-state index contributed by atoms with van der Waals surface area (Å²) in [6, 6.07) is 9.74. The highest BCUT2D eigenvalue weighted by Gasteiger charge is 2.18. The van der Waals surface area contributed by atoms with Gasteiger partial charge in [-0.3, -0.25) is 0 Å². The normalized spacial score (nSPS) is 10.7. The molecule has 0 radical (unpaired) electrons. The molecule has 0 amide bonds. The van der Waals surface area contributed by atoms with Crippen LogP contribution in [0.4, 0.5) is 0 Å². The summed E-state index contributed by atoms with van der Waals surface area (Å²) in [6.45, 7) is 3.80. The Balaban J connectivity index is 2.03. The zero-order chi connectivity index (χ0) is 19.6. The van der Waals surface area contributed by atoms with Crippen LogP contribution in [0.5, 0.6) is 17.2 Å². The van der Waals surface area contributed by atoms with Gasteiger partial charge < -0.3 is 18.6 Å². The van der Waals surface area contributed by atoms with E-state index in [-0.39, 0.29) is 5.56 Å². The molecule has 0 atom stereocenters. The third-order valence-electron chi connectivity index (χ3n) is 4.34. The minimum atomic E-state index is -0.571. The number of hydrogen-bond acceptors (Lipinski definition) is 6. The number of carbonyl (C=O) groups excluding carboxylic acids is 1. The van der Waals surface area contributed by atoms with Crippen LogP contribution in [0, 0.1) is 6.92 Å². The van der Waals surface area contributed by atoms with Crippen molar-refractivity contribution in [3.8, 4) is 17.2 Å². The molecule has 0 unspecified atom stereocenters. The minimum Gasteiger partial charge on any atom is -0.497 e. The summed E-state index contributed by atoms with van der Waals surface area (Å²) >= 11 is 0. The number of aryl methyl sites for hydroxylation is 2. The summed E-state index contributed by atoms with van der Waals surface area (Å²) < 4.78 is 21.3.